The van der Waals surface area contributed by atoms with E-state index in [9.17, 15) is 10.1 Å². The third kappa shape index (κ3) is 4.34. The molecule has 0 spiro atoms. The number of nitriles is 1. The first kappa shape index (κ1) is 19.9. The van der Waals surface area contributed by atoms with Gasteiger partial charge in [-0.15, -0.1) is 0 Å². The van der Waals surface area contributed by atoms with Crippen molar-refractivity contribution in [2.45, 2.75) is 58.8 Å². The fourth-order valence-corrected chi connectivity index (χ4v) is 3.25. The normalized spacial score (nSPS) is 15.0. The first-order chi connectivity index (χ1) is 13.3. The van der Waals surface area contributed by atoms with E-state index in [1.54, 1.807) is 18.4 Å². The highest BCUT2D eigenvalue weighted by molar-refractivity contribution is 5.77. The van der Waals surface area contributed by atoms with Crippen molar-refractivity contribution >= 4 is 5.91 Å². The van der Waals surface area contributed by atoms with Gasteiger partial charge in [0.2, 0.25) is 5.88 Å². The van der Waals surface area contributed by atoms with E-state index in [0.29, 0.717) is 24.4 Å². The Kier molecular flexibility index (Phi) is 5.71. The molecule has 7 heteroatoms. The molecule has 0 aromatic carbocycles. The summed E-state index contributed by atoms with van der Waals surface area (Å²) in [5.74, 6) is 0.689. The molecule has 1 aliphatic heterocycles. The summed E-state index contributed by atoms with van der Waals surface area (Å²) >= 11 is 0. The van der Waals surface area contributed by atoms with Gasteiger partial charge >= 0.3 is 0 Å². The Morgan fingerprint density at radius 1 is 1.43 bits per heavy atom. The number of amides is 1. The molecule has 0 saturated heterocycles. The third-order valence-electron chi connectivity index (χ3n) is 4.66. The first-order valence-corrected chi connectivity index (χ1v) is 9.32. The number of rotatable bonds is 6. The van der Waals surface area contributed by atoms with Gasteiger partial charge in [-0.05, 0) is 37.5 Å². The molecular weight excluding hydrogens is 358 g/mol. The molecule has 1 aliphatic rings. The minimum absolute atomic E-state index is 0.140. The van der Waals surface area contributed by atoms with Gasteiger partial charge < -0.3 is 19.2 Å². The number of carbonyl (C=O) groups excluding carboxylic acids is 1. The number of hydrogen-bond acceptors (Lipinski definition) is 6. The number of nitrogens with zero attached hydrogens (tertiary/aromatic N) is 2. The van der Waals surface area contributed by atoms with Gasteiger partial charge in [-0.3, -0.25) is 4.79 Å². The molecule has 0 aliphatic carbocycles. The Morgan fingerprint density at radius 2 is 2.21 bits per heavy atom. The molecule has 1 N–H and O–H groups in total. The van der Waals surface area contributed by atoms with E-state index in [2.05, 4.69) is 16.4 Å². The van der Waals surface area contributed by atoms with E-state index in [4.69, 9.17) is 13.9 Å². The van der Waals surface area contributed by atoms with Crippen molar-refractivity contribution in [3.8, 4) is 11.9 Å². The Bertz CT molecular complexity index is 895. The number of carbonyl (C=O) groups is 1. The monoisotopic (exact) mass is 383 g/mol. The Morgan fingerprint density at radius 3 is 2.86 bits per heavy atom. The van der Waals surface area contributed by atoms with E-state index in [-0.39, 0.29) is 36.5 Å². The summed E-state index contributed by atoms with van der Waals surface area (Å²) in [7, 11) is 0. The van der Waals surface area contributed by atoms with Crippen molar-refractivity contribution in [2.75, 3.05) is 6.61 Å². The molecule has 7 nitrogen and oxygen atoms in total. The number of pyridine rings is 1. The molecule has 0 atom stereocenters. The second-order valence-electron chi connectivity index (χ2n) is 7.77. The fraction of sp³-hybridized carbons (Fsp3) is 0.476. The number of aromatic nitrogens is 1. The number of fused-ring (bicyclic) bond motifs is 1. The van der Waals surface area contributed by atoms with E-state index >= 15 is 0 Å². The zero-order chi connectivity index (χ0) is 20.3. The first-order valence-electron chi connectivity index (χ1n) is 9.32. The maximum absolute atomic E-state index is 12.1. The quantitative estimate of drug-likeness (QED) is 0.823. The average molecular weight is 383 g/mol. The molecule has 0 radical (unpaired) electrons. The predicted octanol–water partition coefficient (Wildman–Crippen LogP) is 3.22. The lowest BCUT2D eigenvalue weighted by atomic mass is 9.86. The summed E-state index contributed by atoms with van der Waals surface area (Å²) in [5.41, 5.74) is 2.72. The van der Waals surface area contributed by atoms with E-state index < -0.39 is 0 Å². The van der Waals surface area contributed by atoms with Crippen LogP contribution < -0.4 is 10.1 Å². The Balaban J connectivity index is 1.81. The lowest BCUT2D eigenvalue weighted by Crippen LogP contribution is -2.34. The molecule has 0 unspecified atom stereocenters. The minimum atomic E-state index is -0.369. The second-order valence-corrected chi connectivity index (χ2v) is 7.77. The topological polar surface area (TPSA) is 97.4 Å². The van der Waals surface area contributed by atoms with E-state index in [0.717, 1.165) is 16.8 Å². The molecule has 3 rings (SSSR count). The van der Waals surface area contributed by atoms with Crippen molar-refractivity contribution in [3.63, 3.8) is 0 Å². The average Bonchev–Trinajstić information content (AvgIpc) is 3.16. The standard InChI is InChI=1S/C21H25N3O4/c1-13(2)19-17-11-28-21(3,4)8-15(17)16(9-22)20(24-19)27-12-18(25)23-10-14-6-5-7-26-14/h5-7,13H,8,10-12H2,1-4H3,(H,23,25). The molecule has 0 bridgehead atoms. The van der Waals surface area contributed by atoms with Crippen LogP contribution in [0, 0.1) is 11.3 Å². The molecule has 1 amide bonds. The lowest BCUT2D eigenvalue weighted by Gasteiger charge is -2.34. The van der Waals surface area contributed by atoms with Gasteiger partial charge in [-0.1, -0.05) is 13.8 Å². The van der Waals surface area contributed by atoms with Crippen LogP contribution >= 0.6 is 0 Å². The van der Waals surface area contributed by atoms with Crippen LogP contribution in [0.4, 0.5) is 0 Å². The van der Waals surface area contributed by atoms with Crippen LogP contribution in [-0.2, 0) is 29.1 Å². The number of hydrogen-bond donors (Lipinski definition) is 1. The van der Waals surface area contributed by atoms with Gasteiger partial charge in [-0.25, -0.2) is 4.98 Å². The van der Waals surface area contributed by atoms with Gasteiger partial charge in [0.1, 0.15) is 17.4 Å². The van der Waals surface area contributed by atoms with Gasteiger partial charge in [0, 0.05) is 12.0 Å². The highest BCUT2D eigenvalue weighted by Crippen LogP contribution is 2.37. The molecule has 0 saturated carbocycles. The van der Waals surface area contributed by atoms with Gasteiger partial charge in [0.05, 0.1) is 30.7 Å². The summed E-state index contributed by atoms with van der Waals surface area (Å²) < 4.78 is 16.8. The van der Waals surface area contributed by atoms with Crippen LogP contribution in [0.1, 0.15) is 61.8 Å². The van der Waals surface area contributed by atoms with Crippen molar-refractivity contribution < 1.29 is 18.7 Å². The summed E-state index contributed by atoms with van der Waals surface area (Å²) in [4.78, 5) is 16.7. The number of ether oxygens (including phenoxy) is 2. The highest BCUT2D eigenvalue weighted by Gasteiger charge is 2.32. The van der Waals surface area contributed by atoms with E-state index in [1.807, 2.05) is 27.7 Å². The molecule has 28 heavy (non-hydrogen) atoms. The van der Waals surface area contributed by atoms with Crippen molar-refractivity contribution in [1.29, 1.82) is 5.26 Å². The van der Waals surface area contributed by atoms with Crippen LogP contribution in [0.2, 0.25) is 0 Å². The zero-order valence-electron chi connectivity index (χ0n) is 16.7. The highest BCUT2D eigenvalue weighted by atomic mass is 16.5. The summed E-state index contributed by atoms with van der Waals surface area (Å²) in [6.45, 7) is 8.54. The van der Waals surface area contributed by atoms with Crippen LogP contribution in [0.5, 0.6) is 5.88 Å². The molecule has 2 aromatic rings. The van der Waals surface area contributed by atoms with Crippen molar-refractivity contribution in [1.82, 2.24) is 10.3 Å². The molecule has 148 valence electrons. The van der Waals surface area contributed by atoms with Crippen LogP contribution in [0.15, 0.2) is 22.8 Å². The summed E-state index contributed by atoms with van der Waals surface area (Å²) in [6.07, 6.45) is 2.14. The Hall–Kier alpha value is -2.85. The van der Waals surface area contributed by atoms with Crippen molar-refractivity contribution in [3.05, 3.63) is 46.5 Å². The Labute approximate surface area is 164 Å². The second kappa shape index (κ2) is 8.03. The molecule has 3 heterocycles. The predicted molar refractivity (Wildman–Crippen MR) is 102 cm³/mol. The van der Waals surface area contributed by atoms with Crippen molar-refractivity contribution in [2.24, 2.45) is 0 Å². The van der Waals surface area contributed by atoms with Crippen LogP contribution in [0.25, 0.3) is 0 Å². The molecule has 2 aromatic heterocycles. The maximum Gasteiger partial charge on any atom is 0.258 e. The smallest absolute Gasteiger partial charge is 0.258 e. The maximum atomic E-state index is 12.1. The van der Waals surface area contributed by atoms with Gasteiger partial charge in [-0.2, -0.15) is 5.26 Å². The molecule has 0 fully saturated rings. The van der Waals surface area contributed by atoms with Crippen LogP contribution in [0.3, 0.4) is 0 Å². The largest absolute Gasteiger partial charge is 0.467 e. The summed E-state index contributed by atoms with van der Waals surface area (Å²) in [5, 5.41) is 12.5. The van der Waals surface area contributed by atoms with Gasteiger partial charge in [0.25, 0.3) is 5.91 Å². The summed E-state index contributed by atoms with van der Waals surface area (Å²) in [6, 6.07) is 5.75. The number of nitrogens with one attached hydrogen (secondary N) is 1. The molecular formula is C21H25N3O4. The van der Waals surface area contributed by atoms with Crippen LogP contribution in [-0.4, -0.2) is 23.1 Å². The lowest BCUT2D eigenvalue weighted by molar-refractivity contribution is -0.123. The SMILES string of the molecule is CC(C)c1nc(OCC(=O)NCc2ccco2)c(C#N)c2c1COC(C)(C)C2. The third-order valence-corrected chi connectivity index (χ3v) is 4.66. The fourth-order valence-electron chi connectivity index (χ4n) is 3.25. The van der Waals surface area contributed by atoms with E-state index in [1.165, 1.54) is 0 Å². The van der Waals surface area contributed by atoms with Gasteiger partial charge in [0.15, 0.2) is 6.61 Å². The zero-order valence-corrected chi connectivity index (χ0v) is 16.7. The minimum Gasteiger partial charge on any atom is -0.467 e. The number of furan rings is 1.